The quantitative estimate of drug-likeness (QED) is 0.258. The summed E-state index contributed by atoms with van der Waals surface area (Å²) >= 11 is 1.53. The maximum atomic E-state index is 13.0. The lowest BCUT2D eigenvalue weighted by molar-refractivity contribution is 0.0520. The normalized spacial score (nSPS) is 10.9. The van der Waals surface area contributed by atoms with Gasteiger partial charge in [-0.25, -0.2) is 14.5 Å². The van der Waals surface area contributed by atoms with Gasteiger partial charge >= 0.3 is 5.97 Å². The fourth-order valence-electron chi connectivity index (χ4n) is 3.83. The van der Waals surface area contributed by atoms with Crippen LogP contribution in [0, 0.1) is 6.92 Å². The van der Waals surface area contributed by atoms with Crippen molar-refractivity contribution in [2.24, 2.45) is 0 Å². The molecule has 2 heterocycles. The Balaban J connectivity index is 1.78. The van der Waals surface area contributed by atoms with Gasteiger partial charge in [-0.05, 0) is 31.5 Å². The largest absolute Gasteiger partial charge is 0.461 e. The van der Waals surface area contributed by atoms with Crippen molar-refractivity contribution in [1.82, 2.24) is 14.8 Å². The maximum absolute atomic E-state index is 13.0. The van der Waals surface area contributed by atoms with Crippen molar-refractivity contribution in [3.8, 4) is 38.8 Å². The molecule has 5 aromatic rings. The second-order valence-corrected chi connectivity index (χ2v) is 8.67. The Morgan fingerprint density at radius 3 is 2.26 bits per heavy atom. The summed E-state index contributed by atoms with van der Waals surface area (Å²) < 4.78 is 7.20. The molecule has 34 heavy (non-hydrogen) atoms. The van der Waals surface area contributed by atoms with E-state index >= 15 is 0 Å². The fourth-order valence-corrected chi connectivity index (χ4v) is 4.69. The number of para-hydroxylation sites is 1. The number of thiazole rings is 1. The van der Waals surface area contributed by atoms with Crippen molar-refractivity contribution < 1.29 is 9.53 Å². The summed E-state index contributed by atoms with van der Waals surface area (Å²) in [6.45, 7) is 4.11. The van der Waals surface area contributed by atoms with E-state index in [2.05, 4.69) is 0 Å². The van der Waals surface area contributed by atoms with E-state index in [-0.39, 0.29) is 12.3 Å². The van der Waals surface area contributed by atoms with E-state index in [0.29, 0.717) is 0 Å². The molecule has 6 heteroatoms. The van der Waals surface area contributed by atoms with Gasteiger partial charge in [0.2, 0.25) is 0 Å². The summed E-state index contributed by atoms with van der Waals surface area (Å²) in [5.41, 5.74) is 6.56. The van der Waals surface area contributed by atoms with Crippen LogP contribution in [0.4, 0.5) is 0 Å². The Morgan fingerprint density at radius 1 is 0.912 bits per heavy atom. The molecule has 0 aliphatic carbocycles. The third-order valence-corrected chi connectivity index (χ3v) is 6.32. The van der Waals surface area contributed by atoms with E-state index in [1.807, 2.05) is 97.2 Å². The van der Waals surface area contributed by atoms with Crippen molar-refractivity contribution in [2.45, 2.75) is 13.8 Å². The summed E-state index contributed by atoms with van der Waals surface area (Å²) in [5, 5.41) is 7.58. The zero-order valence-corrected chi connectivity index (χ0v) is 19.8. The average molecular weight is 466 g/mol. The molecule has 0 spiro atoms. The van der Waals surface area contributed by atoms with Gasteiger partial charge < -0.3 is 4.74 Å². The first kappa shape index (κ1) is 21.8. The highest BCUT2D eigenvalue weighted by atomic mass is 32.1. The molecule has 0 N–H and O–H groups in total. The minimum atomic E-state index is -0.450. The first-order valence-corrected chi connectivity index (χ1v) is 12.0. The number of hydrogen-bond acceptors (Lipinski definition) is 5. The van der Waals surface area contributed by atoms with Gasteiger partial charge in [-0.3, -0.25) is 0 Å². The summed E-state index contributed by atoms with van der Waals surface area (Å²) in [6, 6.07) is 28.0. The highest BCUT2D eigenvalue weighted by Crippen LogP contribution is 2.39. The molecule has 5 nitrogen and oxygen atoms in total. The molecule has 5 rings (SSSR count). The SMILES string of the molecule is CCOC(=O)c1nn(-c2ccccc2)c(-c2nc(-c3ccccc3)cs2)c1-c1ccc(C)cc1. The number of hydrogen-bond donors (Lipinski definition) is 0. The molecular formula is C28H23N3O2S. The van der Waals surface area contributed by atoms with Crippen LogP contribution in [0.25, 0.3) is 38.8 Å². The van der Waals surface area contributed by atoms with E-state index in [1.165, 1.54) is 11.3 Å². The Bertz CT molecular complexity index is 1420. The molecule has 0 radical (unpaired) electrons. The van der Waals surface area contributed by atoms with Crippen LogP contribution < -0.4 is 0 Å². The van der Waals surface area contributed by atoms with Crippen molar-refractivity contribution in [2.75, 3.05) is 6.61 Å². The third kappa shape index (κ3) is 4.16. The number of benzene rings is 3. The highest BCUT2D eigenvalue weighted by molar-refractivity contribution is 7.13. The smallest absolute Gasteiger partial charge is 0.359 e. The minimum Gasteiger partial charge on any atom is -0.461 e. The zero-order chi connectivity index (χ0) is 23.5. The number of aromatic nitrogens is 3. The van der Waals surface area contributed by atoms with E-state index < -0.39 is 5.97 Å². The number of rotatable bonds is 6. The number of nitrogens with zero attached hydrogens (tertiary/aromatic N) is 3. The molecule has 0 amide bonds. The predicted octanol–water partition coefficient (Wildman–Crippen LogP) is 6.81. The number of aryl methyl sites for hydroxylation is 1. The predicted molar refractivity (Wildman–Crippen MR) is 136 cm³/mol. The molecule has 0 atom stereocenters. The lowest BCUT2D eigenvalue weighted by atomic mass is 10.0. The monoisotopic (exact) mass is 465 g/mol. The summed E-state index contributed by atoms with van der Waals surface area (Å²) in [5.74, 6) is -0.450. The van der Waals surface area contributed by atoms with Gasteiger partial charge in [-0.1, -0.05) is 78.4 Å². The van der Waals surface area contributed by atoms with Gasteiger partial charge in [0.15, 0.2) is 5.69 Å². The van der Waals surface area contributed by atoms with Crippen molar-refractivity contribution in [3.63, 3.8) is 0 Å². The standard InChI is InChI=1S/C28H23N3O2S/c1-3-33-28(32)25-24(21-16-14-19(2)15-17-21)26(31(30-25)22-12-8-5-9-13-22)27-29-23(18-34-27)20-10-6-4-7-11-20/h4-18H,3H2,1-2H3. The van der Waals surface area contributed by atoms with Gasteiger partial charge in [0, 0.05) is 16.5 Å². The van der Waals surface area contributed by atoms with Crippen LogP contribution in [0.5, 0.6) is 0 Å². The Labute approximate surface area is 202 Å². The number of esters is 1. The Hall–Kier alpha value is -4.03. The molecule has 168 valence electrons. The molecule has 0 aliphatic heterocycles. The van der Waals surface area contributed by atoms with E-state index in [0.717, 1.165) is 44.3 Å². The third-order valence-electron chi connectivity index (χ3n) is 5.47. The van der Waals surface area contributed by atoms with Crippen molar-refractivity contribution in [3.05, 3.63) is 102 Å². The minimum absolute atomic E-state index is 0.273. The molecule has 0 saturated heterocycles. The summed E-state index contributed by atoms with van der Waals surface area (Å²) in [6.07, 6.45) is 0. The molecule has 0 saturated carbocycles. The second kappa shape index (κ2) is 9.45. The molecule has 0 fully saturated rings. The average Bonchev–Trinajstić information content (AvgIpc) is 3.51. The van der Waals surface area contributed by atoms with Crippen LogP contribution in [0.2, 0.25) is 0 Å². The van der Waals surface area contributed by atoms with E-state index in [9.17, 15) is 4.79 Å². The Morgan fingerprint density at radius 2 is 1.59 bits per heavy atom. The topological polar surface area (TPSA) is 57.0 Å². The molecule has 0 bridgehead atoms. The van der Waals surface area contributed by atoms with Crippen LogP contribution in [-0.2, 0) is 4.74 Å². The first-order valence-electron chi connectivity index (χ1n) is 11.1. The second-order valence-electron chi connectivity index (χ2n) is 7.81. The molecular weight excluding hydrogens is 442 g/mol. The van der Waals surface area contributed by atoms with Crippen LogP contribution in [-0.4, -0.2) is 27.3 Å². The number of ether oxygens (including phenoxy) is 1. The van der Waals surface area contributed by atoms with E-state index in [1.54, 1.807) is 11.6 Å². The molecule has 2 aromatic heterocycles. The van der Waals surface area contributed by atoms with Crippen LogP contribution in [0.3, 0.4) is 0 Å². The Kier molecular flexibility index (Phi) is 6.06. The summed E-state index contributed by atoms with van der Waals surface area (Å²) in [4.78, 5) is 18.0. The highest BCUT2D eigenvalue weighted by Gasteiger charge is 2.28. The van der Waals surface area contributed by atoms with Gasteiger partial charge in [0.05, 0.1) is 18.0 Å². The van der Waals surface area contributed by atoms with Gasteiger partial charge in [0.25, 0.3) is 0 Å². The molecule has 0 unspecified atom stereocenters. The zero-order valence-electron chi connectivity index (χ0n) is 18.9. The van der Waals surface area contributed by atoms with Gasteiger partial charge in [-0.2, -0.15) is 5.10 Å². The molecule has 0 aliphatic rings. The van der Waals surface area contributed by atoms with Gasteiger partial charge in [0.1, 0.15) is 10.7 Å². The van der Waals surface area contributed by atoms with Crippen LogP contribution >= 0.6 is 11.3 Å². The number of carbonyl (C=O) groups is 1. The lowest BCUT2D eigenvalue weighted by Crippen LogP contribution is -2.07. The molecule has 3 aromatic carbocycles. The first-order chi connectivity index (χ1) is 16.7. The summed E-state index contributed by atoms with van der Waals surface area (Å²) in [7, 11) is 0. The lowest BCUT2D eigenvalue weighted by Gasteiger charge is -2.08. The fraction of sp³-hybridized carbons (Fsp3) is 0.107. The number of carbonyl (C=O) groups excluding carboxylic acids is 1. The van der Waals surface area contributed by atoms with Crippen molar-refractivity contribution in [1.29, 1.82) is 0 Å². The van der Waals surface area contributed by atoms with Gasteiger partial charge in [-0.15, -0.1) is 11.3 Å². The van der Waals surface area contributed by atoms with Crippen molar-refractivity contribution >= 4 is 17.3 Å². The van der Waals surface area contributed by atoms with Crippen LogP contribution in [0.15, 0.2) is 90.3 Å². The van der Waals surface area contributed by atoms with Crippen LogP contribution in [0.1, 0.15) is 23.0 Å². The van der Waals surface area contributed by atoms with E-state index in [4.69, 9.17) is 14.8 Å². The maximum Gasteiger partial charge on any atom is 0.359 e.